The molecule has 3 aromatic carbocycles. The van der Waals surface area contributed by atoms with Gasteiger partial charge in [-0.2, -0.15) is 0 Å². The van der Waals surface area contributed by atoms with Crippen LogP contribution in [-0.4, -0.2) is 79.1 Å². The molecule has 0 saturated heterocycles. The summed E-state index contributed by atoms with van der Waals surface area (Å²) in [4.78, 5) is 22.4. The van der Waals surface area contributed by atoms with Gasteiger partial charge in [-0.1, -0.05) is 85.3 Å². The molecule has 1 fully saturated rings. The molecule has 1 heterocycles. The molecular formula is C47H58N2O8. The number of hydrogen-bond donors (Lipinski definition) is 2. The van der Waals surface area contributed by atoms with Crippen LogP contribution in [0.5, 0.6) is 17.2 Å². The Hall–Kier alpha value is -4.90. The SMILES string of the molecule is C=CCOc1ccc2c(c1)[C@H]1[C@H](CCCCO)[C@@H](CCCCO)C=C3C(=NOCc4ccccc4)C[C@H](N(C)C(=O)Cc4cccc(OC)c4)[C@@](OCC=C)(O2)[C@H]31. The molecular weight excluding hydrogens is 721 g/mol. The van der Waals surface area contributed by atoms with Crippen LogP contribution >= 0.6 is 0 Å². The summed E-state index contributed by atoms with van der Waals surface area (Å²) in [7, 11) is 3.44. The number of likely N-dealkylation sites (N-methyl/N-ethyl adjacent to an activating group) is 1. The Labute approximate surface area is 337 Å². The summed E-state index contributed by atoms with van der Waals surface area (Å²) in [5, 5.41) is 24.6. The Bertz CT molecular complexity index is 1880. The maximum Gasteiger partial charge on any atom is 0.239 e. The van der Waals surface area contributed by atoms with E-state index in [1.165, 1.54) is 0 Å². The fourth-order valence-corrected chi connectivity index (χ4v) is 8.99. The normalized spacial score (nSPS) is 24.0. The van der Waals surface area contributed by atoms with Crippen LogP contribution < -0.4 is 14.2 Å². The molecule has 57 heavy (non-hydrogen) atoms. The first-order chi connectivity index (χ1) is 27.9. The highest BCUT2D eigenvalue weighted by molar-refractivity contribution is 6.03. The lowest BCUT2D eigenvalue weighted by Gasteiger charge is -2.59. The number of rotatable bonds is 21. The second kappa shape index (κ2) is 20.0. The highest BCUT2D eigenvalue weighted by Gasteiger charge is 2.65. The number of methoxy groups -OCH3 is 1. The van der Waals surface area contributed by atoms with Crippen LogP contribution in [0.25, 0.3) is 0 Å². The van der Waals surface area contributed by atoms with E-state index in [1.54, 1.807) is 24.2 Å². The number of carbonyl (C=O) groups excluding carboxylic acids is 1. The van der Waals surface area contributed by atoms with Gasteiger partial charge in [0.05, 0.1) is 31.8 Å². The number of fused-ring (bicyclic) bond motifs is 2. The second-order valence-electron chi connectivity index (χ2n) is 15.2. The number of carbonyl (C=O) groups is 1. The highest BCUT2D eigenvalue weighted by Crippen LogP contribution is 2.61. The van der Waals surface area contributed by atoms with Crippen molar-refractivity contribution in [3.8, 4) is 17.2 Å². The molecule has 6 atom stereocenters. The lowest BCUT2D eigenvalue weighted by atomic mass is 9.55. The summed E-state index contributed by atoms with van der Waals surface area (Å²) >= 11 is 0. The molecule has 10 nitrogen and oxygen atoms in total. The molecule has 6 rings (SSSR count). The Morgan fingerprint density at radius 3 is 2.42 bits per heavy atom. The zero-order chi connectivity index (χ0) is 40.2. The zero-order valence-corrected chi connectivity index (χ0v) is 33.4. The third-order valence-electron chi connectivity index (χ3n) is 11.6. The average Bonchev–Trinajstić information content (AvgIpc) is 3.23. The Morgan fingerprint density at radius 2 is 1.68 bits per heavy atom. The smallest absolute Gasteiger partial charge is 0.239 e. The lowest BCUT2D eigenvalue weighted by molar-refractivity contribution is -0.255. The van der Waals surface area contributed by atoms with Crippen molar-refractivity contribution in [2.24, 2.45) is 22.9 Å². The molecule has 0 radical (unpaired) electrons. The van der Waals surface area contributed by atoms with Gasteiger partial charge in [-0.15, -0.1) is 6.58 Å². The topological polar surface area (TPSA) is 119 Å². The second-order valence-corrected chi connectivity index (χ2v) is 15.2. The van der Waals surface area contributed by atoms with Gasteiger partial charge in [-0.25, -0.2) is 0 Å². The zero-order valence-electron chi connectivity index (χ0n) is 33.4. The number of oxime groups is 1. The summed E-state index contributed by atoms with van der Waals surface area (Å²) < 4.78 is 25.8. The van der Waals surface area contributed by atoms with Gasteiger partial charge in [-0.3, -0.25) is 4.79 Å². The molecule has 1 aliphatic heterocycles. The molecule has 2 aliphatic carbocycles. The Kier molecular flexibility index (Phi) is 14.6. The molecule has 0 spiro atoms. The molecule has 304 valence electrons. The van der Waals surface area contributed by atoms with E-state index < -0.39 is 17.7 Å². The van der Waals surface area contributed by atoms with Gasteiger partial charge in [0.25, 0.3) is 0 Å². The number of hydrogen-bond acceptors (Lipinski definition) is 9. The van der Waals surface area contributed by atoms with Crippen LogP contribution in [0.3, 0.4) is 0 Å². The maximum absolute atomic E-state index is 14.5. The van der Waals surface area contributed by atoms with Crippen LogP contribution in [0, 0.1) is 17.8 Å². The predicted molar refractivity (Wildman–Crippen MR) is 221 cm³/mol. The molecule has 3 aromatic rings. The van der Waals surface area contributed by atoms with Crippen molar-refractivity contribution >= 4 is 11.6 Å². The molecule has 3 aliphatic rings. The van der Waals surface area contributed by atoms with Gasteiger partial charge >= 0.3 is 0 Å². The first-order valence-corrected chi connectivity index (χ1v) is 20.2. The quantitative estimate of drug-likeness (QED) is 0.0640. The van der Waals surface area contributed by atoms with Crippen LogP contribution in [0.4, 0.5) is 0 Å². The molecule has 1 saturated carbocycles. The number of ether oxygens (including phenoxy) is 4. The van der Waals surface area contributed by atoms with Gasteiger partial charge in [0, 0.05) is 38.2 Å². The van der Waals surface area contributed by atoms with Crippen molar-refractivity contribution in [2.45, 2.75) is 75.7 Å². The van der Waals surface area contributed by atoms with E-state index in [9.17, 15) is 15.0 Å². The maximum atomic E-state index is 14.5. The van der Waals surface area contributed by atoms with Crippen molar-refractivity contribution in [1.82, 2.24) is 4.90 Å². The highest BCUT2D eigenvalue weighted by atomic mass is 16.7. The Morgan fingerprint density at radius 1 is 0.930 bits per heavy atom. The summed E-state index contributed by atoms with van der Waals surface area (Å²) in [5.74, 6) is 0.301. The van der Waals surface area contributed by atoms with Gasteiger partial charge in [0.1, 0.15) is 36.5 Å². The first kappa shape index (κ1) is 41.7. The fourth-order valence-electron chi connectivity index (χ4n) is 8.99. The van der Waals surface area contributed by atoms with Crippen molar-refractivity contribution in [3.05, 3.63) is 126 Å². The standard InChI is InChI=1S/C47H58N2O8/c1-5-25-54-37-21-22-42-40(30-37)45-38(20-11-13-24-51)35(18-10-12-23-50)29-39-41(48-56-32-33-15-8-7-9-16-33)31-43(47(57-42,46(39)45)55-26-6-2)49(3)44(52)28-34-17-14-19-36(27-34)53-4/h5-9,14-17,19,21-22,27,29-30,35,38,43,45-46,50-51H,1-2,10-13,18,20,23-26,28,31-32H2,3-4H3/t35-,38+,43-,45+,46+,47+/m0/s1. The number of benzene rings is 3. The van der Waals surface area contributed by atoms with Gasteiger partial charge < -0.3 is 38.9 Å². The fraction of sp³-hybridized carbons (Fsp3) is 0.447. The number of amides is 1. The number of unbranched alkanes of at least 4 members (excludes halogenated alkanes) is 2. The van der Waals surface area contributed by atoms with Gasteiger partial charge in [0.2, 0.25) is 11.7 Å². The van der Waals surface area contributed by atoms with Crippen molar-refractivity contribution < 1.29 is 38.8 Å². The van der Waals surface area contributed by atoms with E-state index >= 15 is 0 Å². The van der Waals surface area contributed by atoms with Crippen LogP contribution in [0.2, 0.25) is 0 Å². The van der Waals surface area contributed by atoms with E-state index in [2.05, 4.69) is 25.3 Å². The number of aliphatic hydroxyl groups excluding tert-OH is 2. The van der Waals surface area contributed by atoms with Crippen molar-refractivity contribution in [2.75, 3.05) is 40.6 Å². The van der Waals surface area contributed by atoms with E-state index in [4.69, 9.17) is 28.9 Å². The van der Waals surface area contributed by atoms with Crippen LogP contribution in [0.1, 0.15) is 67.6 Å². The monoisotopic (exact) mass is 778 g/mol. The van der Waals surface area contributed by atoms with E-state index in [-0.39, 0.29) is 56.5 Å². The largest absolute Gasteiger partial charge is 0.497 e. The molecule has 0 aromatic heterocycles. The molecule has 0 unspecified atom stereocenters. The minimum absolute atomic E-state index is 0.107. The summed E-state index contributed by atoms with van der Waals surface area (Å²) in [6.45, 7) is 8.93. The number of aliphatic hydroxyl groups is 2. The third-order valence-corrected chi connectivity index (χ3v) is 11.6. The van der Waals surface area contributed by atoms with Crippen LogP contribution in [0.15, 0.2) is 115 Å². The predicted octanol–water partition coefficient (Wildman–Crippen LogP) is 7.79. The molecule has 0 bridgehead atoms. The minimum atomic E-state index is -1.33. The van der Waals surface area contributed by atoms with Crippen LogP contribution in [-0.2, 0) is 27.4 Å². The first-order valence-electron chi connectivity index (χ1n) is 20.2. The van der Waals surface area contributed by atoms with Crippen molar-refractivity contribution in [3.63, 3.8) is 0 Å². The average molecular weight is 779 g/mol. The summed E-state index contributed by atoms with van der Waals surface area (Å²) in [6.07, 6.45) is 11.0. The van der Waals surface area contributed by atoms with E-state index in [0.717, 1.165) is 53.7 Å². The lowest BCUT2D eigenvalue weighted by Crippen LogP contribution is -2.69. The van der Waals surface area contributed by atoms with Gasteiger partial charge in [-0.05, 0) is 84.6 Å². The van der Waals surface area contributed by atoms with E-state index in [1.807, 2.05) is 73.8 Å². The summed E-state index contributed by atoms with van der Waals surface area (Å²) in [6, 6.07) is 22.8. The Balaban J connectivity index is 1.53. The molecule has 2 N–H and O–H groups in total. The van der Waals surface area contributed by atoms with Crippen molar-refractivity contribution in [1.29, 1.82) is 0 Å². The minimum Gasteiger partial charge on any atom is -0.497 e. The number of allylic oxidation sites excluding steroid dienone is 1. The summed E-state index contributed by atoms with van der Waals surface area (Å²) in [5.41, 5.74) is 4.55. The molecule has 10 heteroatoms. The van der Waals surface area contributed by atoms with Gasteiger partial charge in [0.15, 0.2) is 0 Å². The third kappa shape index (κ3) is 9.46. The molecule has 1 amide bonds. The van der Waals surface area contributed by atoms with E-state index in [0.29, 0.717) is 43.1 Å². The number of nitrogens with zero attached hydrogens (tertiary/aromatic N) is 2.